The van der Waals surface area contributed by atoms with E-state index in [4.69, 9.17) is 14.2 Å². The van der Waals surface area contributed by atoms with Crippen LogP contribution in [0.1, 0.15) is 17.0 Å². The molecule has 4 heteroatoms. The second-order valence-electron chi connectivity index (χ2n) is 4.99. The van der Waals surface area contributed by atoms with E-state index in [2.05, 4.69) is 6.07 Å². The summed E-state index contributed by atoms with van der Waals surface area (Å²) >= 11 is 0. The average Bonchev–Trinajstić information content (AvgIpc) is 2.96. The van der Waals surface area contributed by atoms with Gasteiger partial charge in [0.1, 0.15) is 17.2 Å². The lowest BCUT2D eigenvalue weighted by molar-refractivity contribution is 0.234. The van der Waals surface area contributed by atoms with Crippen molar-refractivity contribution < 1.29 is 19.3 Å². The molecular formula is C17H18O4. The number of ether oxygens (including phenoxy) is 3. The maximum absolute atomic E-state index is 9.43. The maximum atomic E-state index is 9.43. The molecule has 1 N–H and O–H groups in total. The van der Waals surface area contributed by atoms with Crippen LogP contribution in [-0.2, 0) is 6.61 Å². The van der Waals surface area contributed by atoms with Crippen molar-refractivity contribution in [3.8, 4) is 17.2 Å². The van der Waals surface area contributed by atoms with Crippen LogP contribution >= 0.6 is 0 Å². The van der Waals surface area contributed by atoms with Gasteiger partial charge in [0.15, 0.2) is 0 Å². The molecule has 0 saturated carbocycles. The van der Waals surface area contributed by atoms with Crippen molar-refractivity contribution in [2.24, 2.45) is 0 Å². The third kappa shape index (κ3) is 2.81. The van der Waals surface area contributed by atoms with Crippen LogP contribution < -0.4 is 14.2 Å². The summed E-state index contributed by atoms with van der Waals surface area (Å²) in [5, 5.41) is 9.43. The minimum Gasteiger partial charge on any atom is -0.497 e. The highest BCUT2D eigenvalue weighted by molar-refractivity contribution is 5.41. The van der Waals surface area contributed by atoms with Gasteiger partial charge in [-0.2, -0.15) is 0 Å². The quantitative estimate of drug-likeness (QED) is 0.918. The summed E-state index contributed by atoms with van der Waals surface area (Å²) in [6, 6.07) is 13.5. The zero-order valence-electron chi connectivity index (χ0n) is 11.9. The molecule has 1 atom stereocenters. The van der Waals surface area contributed by atoms with Crippen molar-refractivity contribution in [3.63, 3.8) is 0 Å². The summed E-state index contributed by atoms with van der Waals surface area (Å²) in [4.78, 5) is 0. The molecule has 2 aromatic rings. The van der Waals surface area contributed by atoms with E-state index in [0.717, 1.165) is 11.3 Å². The lowest BCUT2D eigenvalue weighted by atomic mass is 10.0. The molecule has 0 aliphatic carbocycles. The van der Waals surface area contributed by atoms with Crippen molar-refractivity contribution in [1.82, 2.24) is 0 Å². The Kier molecular flexibility index (Phi) is 3.97. The first-order valence-corrected chi connectivity index (χ1v) is 6.94. The minimum atomic E-state index is -0.0791. The Hall–Kier alpha value is -2.20. The summed E-state index contributed by atoms with van der Waals surface area (Å²) in [6.45, 7) is 1.07. The molecule has 0 amide bonds. The topological polar surface area (TPSA) is 47.9 Å². The number of benzene rings is 2. The zero-order chi connectivity index (χ0) is 14.7. The molecule has 21 heavy (non-hydrogen) atoms. The number of rotatable bonds is 5. The first-order valence-electron chi connectivity index (χ1n) is 6.94. The van der Waals surface area contributed by atoms with Gasteiger partial charge in [0.05, 0.1) is 32.8 Å². The highest BCUT2D eigenvalue weighted by Gasteiger charge is 2.24. The van der Waals surface area contributed by atoms with E-state index in [9.17, 15) is 5.11 Å². The Balaban J connectivity index is 1.71. The Labute approximate surface area is 123 Å². The van der Waals surface area contributed by atoms with E-state index in [0.29, 0.717) is 24.7 Å². The van der Waals surface area contributed by atoms with Gasteiger partial charge < -0.3 is 19.3 Å². The number of para-hydroxylation sites is 1. The Morgan fingerprint density at radius 3 is 2.90 bits per heavy atom. The number of hydrogen-bond donors (Lipinski definition) is 1. The summed E-state index contributed by atoms with van der Waals surface area (Å²) in [6.07, 6.45) is 0. The lowest BCUT2D eigenvalue weighted by Crippen LogP contribution is -2.12. The molecule has 1 aliphatic rings. The second-order valence-corrected chi connectivity index (χ2v) is 4.99. The monoisotopic (exact) mass is 286 g/mol. The molecule has 0 spiro atoms. The minimum absolute atomic E-state index is 0.0791. The van der Waals surface area contributed by atoms with Gasteiger partial charge in [0.2, 0.25) is 0 Å². The van der Waals surface area contributed by atoms with Gasteiger partial charge in [-0.25, -0.2) is 0 Å². The molecule has 4 nitrogen and oxygen atoms in total. The Morgan fingerprint density at radius 2 is 2.10 bits per heavy atom. The zero-order valence-corrected chi connectivity index (χ0v) is 11.9. The first kappa shape index (κ1) is 13.8. The highest BCUT2D eigenvalue weighted by Crippen LogP contribution is 2.34. The van der Waals surface area contributed by atoms with Crippen LogP contribution in [0, 0.1) is 0 Å². The van der Waals surface area contributed by atoms with Gasteiger partial charge in [-0.3, -0.25) is 0 Å². The molecule has 1 unspecified atom stereocenters. The van der Waals surface area contributed by atoms with Crippen LogP contribution in [0.5, 0.6) is 17.2 Å². The fourth-order valence-corrected chi connectivity index (χ4v) is 2.50. The molecule has 0 radical (unpaired) electrons. The maximum Gasteiger partial charge on any atom is 0.125 e. The van der Waals surface area contributed by atoms with Crippen LogP contribution in [0.3, 0.4) is 0 Å². The number of fused-ring (bicyclic) bond motifs is 1. The van der Waals surface area contributed by atoms with E-state index in [1.54, 1.807) is 13.2 Å². The molecule has 2 aromatic carbocycles. The number of aliphatic hydroxyl groups is 1. The van der Waals surface area contributed by atoms with E-state index in [1.165, 1.54) is 5.56 Å². The summed E-state index contributed by atoms with van der Waals surface area (Å²) in [5.74, 6) is 2.54. The molecule has 0 bridgehead atoms. The van der Waals surface area contributed by atoms with Crippen molar-refractivity contribution in [1.29, 1.82) is 0 Å². The van der Waals surface area contributed by atoms with Gasteiger partial charge in [-0.15, -0.1) is 0 Å². The van der Waals surface area contributed by atoms with Gasteiger partial charge in [-0.05, 0) is 24.3 Å². The van der Waals surface area contributed by atoms with E-state index < -0.39 is 0 Å². The Morgan fingerprint density at radius 1 is 1.24 bits per heavy atom. The van der Waals surface area contributed by atoms with Gasteiger partial charge in [0, 0.05) is 11.1 Å². The normalized spacial score (nSPS) is 16.2. The van der Waals surface area contributed by atoms with E-state index in [1.807, 2.05) is 30.3 Å². The molecule has 110 valence electrons. The molecule has 0 aromatic heterocycles. The molecule has 1 heterocycles. The second kappa shape index (κ2) is 6.06. The van der Waals surface area contributed by atoms with Crippen molar-refractivity contribution >= 4 is 0 Å². The number of methoxy groups -OCH3 is 1. The van der Waals surface area contributed by atoms with Crippen LogP contribution in [0.4, 0.5) is 0 Å². The first-order chi connectivity index (χ1) is 10.3. The van der Waals surface area contributed by atoms with Crippen molar-refractivity contribution in [3.05, 3.63) is 53.6 Å². The highest BCUT2D eigenvalue weighted by atomic mass is 16.5. The van der Waals surface area contributed by atoms with Crippen LogP contribution in [-0.4, -0.2) is 25.4 Å². The van der Waals surface area contributed by atoms with Crippen molar-refractivity contribution in [2.75, 3.05) is 20.3 Å². The Bertz CT molecular complexity index is 624. The third-order valence-electron chi connectivity index (χ3n) is 3.68. The summed E-state index contributed by atoms with van der Waals surface area (Å²) in [5.41, 5.74) is 1.90. The third-order valence-corrected chi connectivity index (χ3v) is 3.68. The average molecular weight is 286 g/mol. The molecular weight excluding hydrogens is 268 g/mol. The van der Waals surface area contributed by atoms with Crippen LogP contribution in [0.2, 0.25) is 0 Å². The van der Waals surface area contributed by atoms with Crippen LogP contribution in [0.15, 0.2) is 42.5 Å². The van der Waals surface area contributed by atoms with Gasteiger partial charge in [-0.1, -0.05) is 18.2 Å². The van der Waals surface area contributed by atoms with E-state index >= 15 is 0 Å². The molecule has 1 aliphatic heterocycles. The lowest BCUT2D eigenvalue weighted by Gasteiger charge is -2.14. The molecule has 0 saturated heterocycles. The van der Waals surface area contributed by atoms with Gasteiger partial charge >= 0.3 is 0 Å². The predicted molar refractivity (Wildman–Crippen MR) is 79.1 cm³/mol. The van der Waals surface area contributed by atoms with E-state index in [-0.39, 0.29) is 12.5 Å². The number of aliphatic hydroxyl groups excluding tert-OH is 1. The molecule has 3 rings (SSSR count). The predicted octanol–water partition coefficient (Wildman–Crippen LogP) is 2.74. The van der Waals surface area contributed by atoms with Crippen LogP contribution in [0.25, 0.3) is 0 Å². The SMILES string of the molecule is COc1ccc(OCC2COc3ccccc32)c(CO)c1. The summed E-state index contributed by atoms with van der Waals surface area (Å²) < 4.78 is 16.7. The largest absolute Gasteiger partial charge is 0.497 e. The fraction of sp³-hybridized carbons (Fsp3) is 0.294. The smallest absolute Gasteiger partial charge is 0.125 e. The summed E-state index contributed by atoms with van der Waals surface area (Å²) in [7, 11) is 1.60. The molecule has 0 fully saturated rings. The number of hydrogen-bond acceptors (Lipinski definition) is 4. The van der Waals surface area contributed by atoms with Gasteiger partial charge in [0.25, 0.3) is 0 Å². The van der Waals surface area contributed by atoms with Crippen molar-refractivity contribution in [2.45, 2.75) is 12.5 Å². The fourth-order valence-electron chi connectivity index (χ4n) is 2.50. The standard InChI is InChI=1S/C17H18O4/c1-19-14-6-7-16(12(8-14)9-18)20-10-13-11-21-17-5-3-2-4-15(13)17/h2-8,13,18H,9-11H2,1H3.